The van der Waals surface area contributed by atoms with Crippen molar-refractivity contribution < 1.29 is 23.8 Å². The van der Waals surface area contributed by atoms with Crippen LogP contribution in [-0.2, 0) is 16.0 Å². The number of hydrogen-bond donors (Lipinski definition) is 2. The number of carboxylic acids is 1. The van der Waals surface area contributed by atoms with Crippen LogP contribution in [0.4, 0.5) is 4.79 Å². The summed E-state index contributed by atoms with van der Waals surface area (Å²) < 4.78 is 10.1. The summed E-state index contributed by atoms with van der Waals surface area (Å²) in [6, 6.07) is 3.39. The van der Waals surface area contributed by atoms with Gasteiger partial charge in [-0.15, -0.1) is 0 Å². The Bertz CT molecular complexity index is 419. The zero-order valence-electron chi connectivity index (χ0n) is 11.3. The fourth-order valence-corrected chi connectivity index (χ4v) is 1.44. The van der Waals surface area contributed by atoms with Crippen molar-refractivity contribution >= 4 is 12.1 Å². The molecule has 1 aromatic heterocycles. The van der Waals surface area contributed by atoms with Gasteiger partial charge in [0.2, 0.25) is 0 Å². The van der Waals surface area contributed by atoms with E-state index in [1.165, 1.54) is 6.26 Å². The first-order chi connectivity index (χ1) is 8.78. The van der Waals surface area contributed by atoms with Crippen LogP contribution < -0.4 is 5.32 Å². The van der Waals surface area contributed by atoms with Gasteiger partial charge in [-0.1, -0.05) is 0 Å². The molecule has 1 unspecified atom stereocenters. The van der Waals surface area contributed by atoms with Crippen LogP contribution in [0.3, 0.4) is 0 Å². The molecule has 0 aliphatic heterocycles. The van der Waals surface area contributed by atoms with Crippen molar-refractivity contribution in [2.45, 2.75) is 32.8 Å². The molecule has 106 valence electrons. The maximum Gasteiger partial charge on any atom is 0.407 e. The molecule has 19 heavy (non-hydrogen) atoms. The van der Waals surface area contributed by atoms with Gasteiger partial charge in [0.05, 0.1) is 12.2 Å². The van der Waals surface area contributed by atoms with E-state index >= 15 is 0 Å². The molecule has 2 N–H and O–H groups in total. The number of ether oxygens (including phenoxy) is 1. The fourth-order valence-electron chi connectivity index (χ4n) is 1.44. The number of carboxylic acid groups (broad SMARTS) is 1. The first kappa shape index (κ1) is 15.1. The third-order valence-electron chi connectivity index (χ3n) is 2.27. The van der Waals surface area contributed by atoms with Crippen molar-refractivity contribution in [1.82, 2.24) is 5.32 Å². The molecule has 0 aliphatic carbocycles. The number of hydrogen-bond acceptors (Lipinski definition) is 4. The second-order valence-electron chi connectivity index (χ2n) is 5.20. The van der Waals surface area contributed by atoms with Gasteiger partial charge < -0.3 is 19.6 Å². The van der Waals surface area contributed by atoms with Gasteiger partial charge in [0, 0.05) is 13.0 Å². The predicted molar refractivity (Wildman–Crippen MR) is 67.8 cm³/mol. The van der Waals surface area contributed by atoms with Gasteiger partial charge in [0.1, 0.15) is 11.4 Å². The Morgan fingerprint density at radius 1 is 1.47 bits per heavy atom. The van der Waals surface area contributed by atoms with Gasteiger partial charge >= 0.3 is 12.1 Å². The summed E-state index contributed by atoms with van der Waals surface area (Å²) >= 11 is 0. The third-order valence-corrected chi connectivity index (χ3v) is 2.27. The molecule has 1 atom stereocenters. The quantitative estimate of drug-likeness (QED) is 0.854. The Balaban J connectivity index is 2.46. The minimum absolute atomic E-state index is 0.00898. The molecule has 0 saturated carbocycles. The second kappa shape index (κ2) is 6.26. The topological polar surface area (TPSA) is 88.8 Å². The lowest BCUT2D eigenvalue weighted by atomic mass is 10.0. The summed E-state index contributed by atoms with van der Waals surface area (Å²) in [6.45, 7) is 5.21. The molecular weight excluding hydrogens is 250 g/mol. The number of alkyl carbamates (subject to hydrolysis) is 1. The van der Waals surface area contributed by atoms with Gasteiger partial charge in [0.15, 0.2) is 0 Å². The number of amides is 1. The summed E-state index contributed by atoms with van der Waals surface area (Å²) in [5.41, 5.74) is -0.607. The summed E-state index contributed by atoms with van der Waals surface area (Å²) in [7, 11) is 0. The highest BCUT2D eigenvalue weighted by atomic mass is 16.6. The highest BCUT2D eigenvalue weighted by molar-refractivity contribution is 5.72. The second-order valence-corrected chi connectivity index (χ2v) is 5.20. The lowest BCUT2D eigenvalue weighted by Crippen LogP contribution is -2.37. The van der Waals surface area contributed by atoms with Crippen LogP contribution in [0.5, 0.6) is 0 Å². The van der Waals surface area contributed by atoms with Crippen molar-refractivity contribution in [3.8, 4) is 0 Å². The minimum atomic E-state index is -0.993. The number of rotatable bonds is 5. The van der Waals surface area contributed by atoms with E-state index in [-0.39, 0.29) is 13.0 Å². The summed E-state index contributed by atoms with van der Waals surface area (Å²) in [4.78, 5) is 22.5. The largest absolute Gasteiger partial charge is 0.481 e. The molecule has 0 aliphatic rings. The van der Waals surface area contributed by atoms with Crippen molar-refractivity contribution in [2.75, 3.05) is 6.54 Å². The highest BCUT2D eigenvalue weighted by Gasteiger charge is 2.22. The molecule has 0 spiro atoms. The standard InChI is InChI=1S/C13H19NO5/c1-13(2,3)19-12(17)14-8-9(11(15)16)7-10-5-4-6-18-10/h4-6,9H,7-8H2,1-3H3,(H,14,17)(H,15,16). The fraction of sp³-hybridized carbons (Fsp3) is 0.538. The maximum absolute atomic E-state index is 11.4. The van der Waals surface area contributed by atoms with Crippen LogP contribution in [0.25, 0.3) is 0 Å². The molecule has 6 heteroatoms. The molecule has 0 aromatic carbocycles. The number of furan rings is 1. The van der Waals surface area contributed by atoms with Gasteiger partial charge in [-0.2, -0.15) is 0 Å². The van der Waals surface area contributed by atoms with Crippen LogP contribution >= 0.6 is 0 Å². The number of carbonyl (C=O) groups is 2. The lowest BCUT2D eigenvalue weighted by molar-refractivity contribution is -0.141. The van der Waals surface area contributed by atoms with Gasteiger partial charge in [-0.25, -0.2) is 4.79 Å². The number of aliphatic carboxylic acids is 1. The number of nitrogens with one attached hydrogen (secondary N) is 1. The molecule has 1 amide bonds. The molecule has 6 nitrogen and oxygen atoms in total. The van der Waals surface area contributed by atoms with E-state index < -0.39 is 23.6 Å². The smallest absolute Gasteiger partial charge is 0.407 e. The zero-order valence-corrected chi connectivity index (χ0v) is 11.3. The Morgan fingerprint density at radius 3 is 2.63 bits per heavy atom. The van der Waals surface area contributed by atoms with Crippen LogP contribution in [0, 0.1) is 5.92 Å². The predicted octanol–water partition coefficient (Wildman–Crippen LogP) is 2.05. The van der Waals surface area contributed by atoms with Crippen LogP contribution in [0.15, 0.2) is 22.8 Å². The SMILES string of the molecule is CC(C)(C)OC(=O)NCC(Cc1ccco1)C(=O)O. The number of carbonyl (C=O) groups excluding carboxylic acids is 1. The summed E-state index contributed by atoms with van der Waals surface area (Å²) in [5.74, 6) is -1.18. The van der Waals surface area contributed by atoms with Crippen molar-refractivity contribution in [2.24, 2.45) is 5.92 Å². The van der Waals surface area contributed by atoms with Crippen molar-refractivity contribution in [3.63, 3.8) is 0 Å². The van der Waals surface area contributed by atoms with E-state index in [1.54, 1.807) is 32.9 Å². The van der Waals surface area contributed by atoms with Crippen LogP contribution in [0.2, 0.25) is 0 Å². The van der Waals surface area contributed by atoms with E-state index in [2.05, 4.69) is 5.32 Å². The van der Waals surface area contributed by atoms with E-state index in [0.717, 1.165) is 0 Å². The zero-order chi connectivity index (χ0) is 14.5. The average Bonchev–Trinajstić information content (AvgIpc) is 2.73. The van der Waals surface area contributed by atoms with E-state index in [9.17, 15) is 9.59 Å². The van der Waals surface area contributed by atoms with E-state index in [0.29, 0.717) is 5.76 Å². The molecule has 1 heterocycles. The molecule has 0 bridgehead atoms. The van der Waals surface area contributed by atoms with Gasteiger partial charge in [-0.3, -0.25) is 4.79 Å². The Kier molecular flexibility index (Phi) is 4.97. The third kappa shape index (κ3) is 5.94. The Labute approximate surface area is 111 Å². The molecule has 0 fully saturated rings. The molecule has 0 radical (unpaired) electrons. The average molecular weight is 269 g/mol. The summed E-state index contributed by atoms with van der Waals surface area (Å²) in [5, 5.41) is 11.5. The van der Waals surface area contributed by atoms with E-state index in [4.69, 9.17) is 14.3 Å². The first-order valence-electron chi connectivity index (χ1n) is 6.00. The monoisotopic (exact) mass is 269 g/mol. The maximum atomic E-state index is 11.4. The van der Waals surface area contributed by atoms with Crippen LogP contribution in [0.1, 0.15) is 26.5 Å². The Morgan fingerprint density at radius 2 is 2.16 bits per heavy atom. The molecular formula is C13H19NO5. The highest BCUT2D eigenvalue weighted by Crippen LogP contribution is 2.10. The normalized spacial score (nSPS) is 12.8. The minimum Gasteiger partial charge on any atom is -0.481 e. The molecule has 1 rings (SSSR count). The van der Waals surface area contributed by atoms with E-state index in [1.807, 2.05) is 0 Å². The van der Waals surface area contributed by atoms with Gasteiger partial charge in [-0.05, 0) is 32.9 Å². The van der Waals surface area contributed by atoms with Crippen molar-refractivity contribution in [1.29, 1.82) is 0 Å². The van der Waals surface area contributed by atoms with Crippen LogP contribution in [-0.4, -0.2) is 29.3 Å². The molecule has 0 saturated heterocycles. The lowest BCUT2D eigenvalue weighted by Gasteiger charge is -2.20. The Hall–Kier alpha value is -1.98. The van der Waals surface area contributed by atoms with Gasteiger partial charge in [0.25, 0.3) is 0 Å². The van der Waals surface area contributed by atoms with Crippen molar-refractivity contribution in [3.05, 3.63) is 24.2 Å². The molecule has 1 aromatic rings. The first-order valence-corrected chi connectivity index (χ1v) is 6.00. The summed E-state index contributed by atoms with van der Waals surface area (Å²) in [6.07, 6.45) is 1.08.